The minimum absolute atomic E-state index is 0.477. The molecule has 0 aliphatic heterocycles. The lowest BCUT2D eigenvalue weighted by Gasteiger charge is -2.19. The van der Waals surface area contributed by atoms with Gasteiger partial charge in [0.05, 0.1) is 5.60 Å². The molecule has 0 radical (unpaired) electrons. The highest BCUT2D eigenvalue weighted by Gasteiger charge is 2.27. The maximum Gasteiger partial charge on any atom is 0.0831 e. The van der Waals surface area contributed by atoms with Crippen LogP contribution in [0.4, 0.5) is 0 Å². The molecule has 0 saturated carbocycles. The average Bonchev–Trinajstić information content (AvgIpc) is 2.08. The molecule has 52 valence electrons. The second kappa shape index (κ2) is 2.14. The Balaban J connectivity index is 2.69. The number of allylic oxidation sites excluding steroid dienone is 1. The second-order valence-corrected chi connectivity index (χ2v) is 2.90. The van der Waals surface area contributed by atoms with E-state index < -0.39 is 5.60 Å². The van der Waals surface area contributed by atoms with Gasteiger partial charge in [-0.3, -0.25) is 0 Å². The Bertz CT molecular complexity index is 134. The van der Waals surface area contributed by atoms with Crippen LogP contribution < -0.4 is 0 Å². The van der Waals surface area contributed by atoms with E-state index in [0.29, 0.717) is 0 Å². The quantitative estimate of drug-likeness (QED) is 0.532. The molecular weight excluding hydrogens is 112 g/mol. The number of hydrogen-bond acceptors (Lipinski definition) is 1. The fourth-order valence-corrected chi connectivity index (χ4v) is 1.43. The van der Waals surface area contributed by atoms with E-state index in [4.69, 9.17) is 0 Å². The van der Waals surface area contributed by atoms with Gasteiger partial charge in [-0.1, -0.05) is 13.0 Å². The van der Waals surface area contributed by atoms with Crippen LogP contribution in [0, 0.1) is 0 Å². The first-order valence-corrected chi connectivity index (χ1v) is 3.58. The van der Waals surface area contributed by atoms with Crippen molar-refractivity contribution in [3.63, 3.8) is 0 Å². The molecule has 0 bridgehead atoms. The summed E-state index contributed by atoms with van der Waals surface area (Å²) in [5, 5.41) is 9.59. The molecule has 0 spiro atoms. The fourth-order valence-electron chi connectivity index (χ4n) is 1.43. The summed E-state index contributed by atoms with van der Waals surface area (Å²) < 4.78 is 0. The van der Waals surface area contributed by atoms with Gasteiger partial charge in [0.2, 0.25) is 0 Å². The smallest absolute Gasteiger partial charge is 0.0831 e. The third kappa shape index (κ3) is 1.16. The van der Waals surface area contributed by atoms with Crippen LogP contribution in [-0.2, 0) is 0 Å². The van der Waals surface area contributed by atoms with Crippen LogP contribution >= 0.6 is 0 Å². The molecule has 1 heteroatoms. The molecule has 1 atom stereocenters. The Hall–Kier alpha value is -0.300. The molecule has 0 aromatic carbocycles. The molecular formula is C8H14O. The molecule has 1 rings (SSSR count). The van der Waals surface area contributed by atoms with Crippen molar-refractivity contribution in [1.29, 1.82) is 0 Å². The molecule has 1 N–H and O–H groups in total. The zero-order valence-corrected chi connectivity index (χ0v) is 6.15. The van der Waals surface area contributed by atoms with Gasteiger partial charge in [0, 0.05) is 0 Å². The zero-order valence-electron chi connectivity index (χ0n) is 6.15. The fraction of sp³-hybridized carbons (Fsp3) is 0.750. The Morgan fingerprint density at radius 2 is 2.44 bits per heavy atom. The molecule has 0 fully saturated rings. The van der Waals surface area contributed by atoms with Crippen LogP contribution in [0.15, 0.2) is 11.6 Å². The van der Waals surface area contributed by atoms with Crippen LogP contribution in [0.2, 0.25) is 0 Å². The molecule has 1 nitrogen and oxygen atoms in total. The first-order valence-electron chi connectivity index (χ1n) is 3.58. The predicted octanol–water partition coefficient (Wildman–Crippen LogP) is 1.87. The van der Waals surface area contributed by atoms with Gasteiger partial charge in [-0.05, 0) is 31.8 Å². The average molecular weight is 126 g/mol. The SMILES string of the molecule is CCC1=CCCC1(C)O. The van der Waals surface area contributed by atoms with E-state index in [0.717, 1.165) is 19.3 Å². The molecule has 0 amide bonds. The van der Waals surface area contributed by atoms with Gasteiger partial charge in [-0.15, -0.1) is 0 Å². The normalized spacial score (nSPS) is 34.8. The first kappa shape index (κ1) is 6.81. The molecule has 0 aromatic rings. The van der Waals surface area contributed by atoms with Crippen molar-refractivity contribution in [2.24, 2.45) is 0 Å². The van der Waals surface area contributed by atoms with Gasteiger partial charge < -0.3 is 5.11 Å². The summed E-state index contributed by atoms with van der Waals surface area (Å²) in [6.45, 7) is 3.99. The van der Waals surface area contributed by atoms with Crippen LogP contribution in [0.1, 0.15) is 33.1 Å². The number of rotatable bonds is 1. The second-order valence-electron chi connectivity index (χ2n) is 2.90. The van der Waals surface area contributed by atoms with Gasteiger partial charge >= 0.3 is 0 Å². The molecule has 1 aliphatic carbocycles. The lowest BCUT2D eigenvalue weighted by molar-refractivity contribution is 0.0971. The minimum Gasteiger partial charge on any atom is -0.386 e. The van der Waals surface area contributed by atoms with Crippen LogP contribution in [0.5, 0.6) is 0 Å². The Labute approximate surface area is 56.4 Å². The van der Waals surface area contributed by atoms with E-state index >= 15 is 0 Å². The predicted molar refractivity (Wildman–Crippen MR) is 38.2 cm³/mol. The van der Waals surface area contributed by atoms with Crippen molar-refractivity contribution in [3.05, 3.63) is 11.6 Å². The van der Waals surface area contributed by atoms with Gasteiger partial charge in [-0.2, -0.15) is 0 Å². The van der Waals surface area contributed by atoms with E-state index in [1.54, 1.807) is 0 Å². The van der Waals surface area contributed by atoms with Gasteiger partial charge in [0.1, 0.15) is 0 Å². The van der Waals surface area contributed by atoms with E-state index in [-0.39, 0.29) is 0 Å². The standard InChI is InChI=1S/C8H14O/c1-3-7-5-4-6-8(7,2)9/h5,9H,3-4,6H2,1-2H3. The summed E-state index contributed by atoms with van der Waals surface area (Å²) in [7, 11) is 0. The monoisotopic (exact) mass is 126 g/mol. The summed E-state index contributed by atoms with van der Waals surface area (Å²) in [5.41, 5.74) is 0.733. The van der Waals surface area contributed by atoms with E-state index in [1.165, 1.54) is 5.57 Å². The molecule has 0 aromatic heterocycles. The lowest BCUT2D eigenvalue weighted by Crippen LogP contribution is -2.22. The largest absolute Gasteiger partial charge is 0.386 e. The van der Waals surface area contributed by atoms with E-state index in [9.17, 15) is 5.11 Å². The van der Waals surface area contributed by atoms with Crippen molar-refractivity contribution in [2.75, 3.05) is 0 Å². The molecule has 0 heterocycles. The van der Waals surface area contributed by atoms with Crippen molar-refractivity contribution in [3.8, 4) is 0 Å². The van der Waals surface area contributed by atoms with Crippen molar-refractivity contribution < 1.29 is 5.11 Å². The lowest BCUT2D eigenvalue weighted by atomic mass is 9.97. The third-order valence-electron chi connectivity index (χ3n) is 2.09. The molecule has 1 aliphatic rings. The first-order chi connectivity index (χ1) is 4.17. The van der Waals surface area contributed by atoms with Crippen molar-refractivity contribution in [2.45, 2.75) is 38.7 Å². The maximum atomic E-state index is 9.59. The summed E-state index contributed by atoms with van der Waals surface area (Å²) in [4.78, 5) is 0. The highest BCUT2D eigenvalue weighted by atomic mass is 16.3. The van der Waals surface area contributed by atoms with Crippen LogP contribution in [0.25, 0.3) is 0 Å². The van der Waals surface area contributed by atoms with Crippen LogP contribution in [-0.4, -0.2) is 10.7 Å². The molecule has 1 unspecified atom stereocenters. The number of aliphatic hydroxyl groups is 1. The van der Waals surface area contributed by atoms with Gasteiger partial charge in [-0.25, -0.2) is 0 Å². The summed E-state index contributed by atoms with van der Waals surface area (Å²) >= 11 is 0. The van der Waals surface area contributed by atoms with Crippen molar-refractivity contribution in [1.82, 2.24) is 0 Å². The van der Waals surface area contributed by atoms with Gasteiger partial charge in [0.25, 0.3) is 0 Å². The summed E-state index contributed by atoms with van der Waals surface area (Å²) in [6.07, 6.45) is 5.11. The number of hydrogen-bond donors (Lipinski definition) is 1. The highest BCUT2D eigenvalue weighted by molar-refractivity contribution is 5.20. The zero-order chi connectivity index (χ0) is 6.91. The van der Waals surface area contributed by atoms with Crippen molar-refractivity contribution >= 4 is 0 Å². The van der Waals surface area contributed by atoms with E-state index in [1.807, 2.05) is 6.92 Å². The Kier molecular flexibility index (Phi) is 1.62. The maximum absolute atomic E-state index is 9.59. The molecule has 9 heavy (non-hydrogen) atoms. The third-order valence-corrected chi connectivity index (χ3v) is 2.09. The molecule has 0 saturated heterocycles. The summed E-state index contributed by atoms with van der Waals surface area (Å²) in [5.74, 6) is 0. The summed E-state index contributed by atoms with van der Waals surface area (Å²) in [6, 6.07) is 0. The van der Waals surface area contributed by atoms with Crippen LogP contribution in [0.3, 0.4) is 0 Å². The Morgan fingerprint density at radius 3 is 2.67 bits per heavy atom. The topological polar surface area (TPSA) is 20.2 Å². The minimum atomic E-state index is -0.477. The van der Waals surface area contributed by atoms with Gasteiger partial charge in [0.15, 0.2) is 0 Å². The Morgan fingerprint density at radius 1 is 1.78 bits per heavy atom. The highest BCUT2D eigenvalue weighted by Crippen LogP contribution is 2.31. The van der Waals surface area contributed by atoms with E-state index in [2.05, 4.69) is 13.0 Å².